The van der Waals surface area contributed by atoms with Gasteiger partial charge >= 0.3 is 0 Å². The zero-order valence-electron chi connectivity index (χ0n) is 13.8. The minimum Gasteiger partial charge on any atom is -0.311 e. The quantitative estimate of drug-likeness (QED) is 0.798. The van der Waals surface area contributed by atoms with Gasteiger partial charge in [-0.15, -0.1) is 0 Å². The molecule has 0 aliphatic rings. The van der Waals surface area contributed by atoms with Gasteiger partial charge in [-0.05, 0) is 32.0 Å². The number of aromatic nitrogens is 5. The van der Waals surface area contributed by atoms with Gasteiger partial charge in [0.25, 0.3) is 0 Å². The van der Waals surface area contributed by atoms with Crippen molar-refractivity contribution in [2.45, 2.75) is 27.2 Å². The molecule has 0 aliphatic carbocycles. The van der Waals surface area contributed by atoms with Crippen molar-refractivity contribution in [3.8, 4) is 17.2 Å². The molecule has 3 aromatic heterocycles. The van der Waals surface area contributed by atoms with E-state index in [-0.39, 0.29) is 5.91 Å². The molecule has 122 valence electrons. The summed E-state index contributed by atoms with van der Waals surface area (Å²) in [7, 11) is 0. The van der Waals surface area contributed by atoms with Crippen molar-refractivity contribution in [1.82, 2.24) is 24.7 Å². The lowest BCUT2D eigenvalue weighted by atomic mass is 10.2. The Morgan fingerprint density at radius 2 is 1.92 bits per heavy atom. The maximum Gasteiger partial charge on any atom is 0.225 e. The second kappa shape index (κ2) is 6.57. The lowest BCUT2D eigenvalue weighted by Crippen LogP contribution is -2.13. The van der Waals surface area contributed by atoms with Gasteiger partial charge in [0.05, 0.1) is 5.69 Å². The summed E-state index contributed by atoms with van der Waals surface area (Å²) < 4.78 is 1.74. The number of aryl methyl sites for hydroxylation is 2. The Morgan fingerprint density at radius 1 is 1.17 bits per heavy atom. The zero-order chi connectivity index (χ0) is 17.1. The van der Waals surface area contributed by atoms with Crippen LogP contribution in [-0.2, 0) is 4.79 Å². The van der Waals surface area contributed by atoms with Crippen LogP contribution < -0.4 is 5.32 Å². The molecule has 24 heavy (non-hydrogen) atoms. The zero-order valence-corrected chi connectivity index (χ0v) is 13.8. The summed E-state index contributed by atoms with van der Waals surface area (Å²) in [5.41, 5.74) is 2.68. The van der Waals surface area contributed by atoms with Gasteiger partial charge in [-0.2, -0.15) is 5.10 Å². The highest BCUT2D eigenvalue weighted by atomic mass is 16.1. The lowest BCUT2D eigenvalue weighted by molar-refractivity contribution is -0.115. The lowest BCUT2D eigenvalue weighted by Gasteiger charge is -2.10. The predicted molar refractivity (Wildman–Crippen MR) is 90.8 cm³/mol. The average Bonchev–Trinajstić information content (AvgIpc) is 2.93. The number of carbonyl (C=O) groups excluding carboxylic acids is 1. The fourth-order valence-electron chi connectivity index (χ4n) is 2.33. The van der Waals surface area contributed by atoms with Crippen molar-refractivity contribution in [3.05, 3.63) is 48.0 Å². The molecule has 3 aromatic rings. The first kappa shape index (κ1) is 15.8. The fourth-order valence-corrected chi connectivity index (χ4v) is 2.33. The molecule has 0 aliphatic heterocycles. The van der Waals surface area contributed by atoms with Crippen LogP contribution in [-0.4, -0.2) is 30.6 Å². The smallest absolute Gasteiger partial charge is 0.225 e. The number of rotatable bonds is 4. The number of hydrogen-bond acceptors (Lipinski definition) is 5. The third-order valence-electron chi connectivity index (χ3n) is 3.47. The van der Waals surface area contributed by atoms with E-state index < -0.39 is 0 Å². The molecule has 1 amide bonds. The van der Waals surface area contributed by atoms with E-state index in [2.05, 4.69) is 25.4 Å². The van der Waals surface area contributed by atoms with Crippen molar-refractivity contribution in [2.75, 3.05) is 5.32 Å². The molecule has 0 saturated carbocycles. The average molecular weight is 322 g/mol. The molecule has 0 bridgehead atoms. The number of nitrogens with one attached hydrogen (secondary N) is 1. The van der Waals surface area contributed by atoms with Gasteiger partial charge < -0.3 is 5.32 Å². The third kappa shape index (κ3) is 3.29. The molecule has 0 unspecified atom stereocenters. The Bertz CT molecular complexity index is 872. The van der Waals surface area contributed by atoms with Crippen LogP contribution in [0.4, 0.5) is 5.82 Å². The molecule has 3 rings (SSSR count). The summed E-state index contributed by atoms with van der Waals surface area (Å²) in [5, 5.41) is 7.25. The fraction of sp³-hybridized carbons (Fsp3) is 0.235. The van der Waals surface area contributed by atoms with Crippen molar-refractivity contribution >= 4 is 11.7 Å². The first-order valence-corrected chi connectivity index (χ1v) is 7.70. The summed E-state index contributed by atoms with van der Waals surface area (Å²) in [6, 6.07) is 7.34. The van der Waals surface area contributed by atoms with E-state index in [1.165, 1.54) is 0 Å². The van der Waals surface area contributed by atoms with Crippen LogP contribution in [0.5, 0.6) is 0 Å². The number of amides is 1. The number of pyridine rings is 1. The van der Waals surface area contributed by atoms with E-state index in [0.717, 1.165) is 17.0 Å². The molecule has 0 radical (unpaired) electrons. The van der Waals surface area contributed by atoms with Crippen LogP contribution in [0.3, 0.4) is 0 Å². The van der Waals surface area contributed by atoms with Crippen LogP contribution in [0.2, 0.25) is 0 Å². The first-order valence-electron chi connectivity index (χ1n) is 7.70. The molecule has 7 heteroatoms. The maximum atomic E-state index is 11.7. The van der Waals surface area contributed by atoms with E-state index in [1.54, 1.807) is 30.1 Å². The summed E-state index contributed by atoms with van der Waals surface area (Å²) in [5.74, 6) is 1.46. The van der Waals surface area contributed by atoms with Gasteiger partial charge in [-0.1, -0.05) is 6.92 Å². The minimum absolute atomic E-state index is 0.103. The van der Waals surface area contributed by atoms with Crippen molar-refractivity contribution in [3.63, 3.8) is 0 Å². The van der Waals surface area contributed by atoms with Crippen LogP contribution >= 0.6 is 0 Å². The van der Waals surface area contributed by atoms with Crippen LogP contribution in [0.15, 0.2) is 36.7 Å². The van der Waals surface area contributed by atoms with Gasteiger partial charge in [0.2, 0.25) is 5.91 Å². The molecule has 0 atom stereocenters. The van der Waals surface area contributed by atoms with Crippen LogP contribution in [0.25, 0.3) is 17.2 Å². The normalized spacial score (nSPS) is 10.6. The second-order valence-electron chi connectivity index (χ2n) is 5.41. The SMILES string of the molecule is CCC(=O)Nc1cc(-n2nc(C)cc2C)nc(-c2ccncc2)n1. The second-order valence-corrected chi connectivity index (χ2v) is 5.41. The Morgan fingerprint density at radius 3 is 2.54 bits per heavy atom. The van der Waals surface area contributed by atoms with Gasteiger partial charge in [-0.3, -0.25) is 9.78 Å². The Labute approximate surface area is 139 Å². The highest BCUT2D eigenvalue weighted by molar-refractivity contribution is 5.89. The number of nitrogens with zero attached hydrogens (tertiary/aromatic N) is 5. The van der Waals surface area contributed by atoms with Crippen LogP contribution in [0, 0.1) is 13.8 Å². The van der Waals surface area contributed by atoms with Gasteiger partial charge in [0, 0.05) is 36.1 Å². The minimum atomic E-state index is -0.103. The monoisotopic (exact) mass is 322 g/mol. The highest BCUT2D eigenvalue weighted by Crippen LogP contribution is 2.20. The summed E-state index contributed by atoms with van der Waals surface area (Å²) in [4.78, 5) is 24.8. The van der Waals surface area contributed by atoms with E-state index in [4.69, 9.17) is 0 Å². The molecule has 3 heterocycles. The molecule has 0 fully saturated rings. The molecule has 1 N–H and O–H groups in total. The first-order chi connectivity index (χ1) is 11.6. The van der Waals surface area contributed by atoms with E-state index in [1.807, 2.05) is 32.0 Å². The van der Waals surface area contributed by atoms with E-state index >= 15 is 0 Å². The Balaban J connectivity index is 2.12. The highest BCUT2D eigenvalue weighted by Gasteiger charge is 2.12. The van der Waals surface area contributed by atoms with Crippen molar-refractivity contribution in [1.29, 1.82) is 0 Å². The molecule has 0 saturated heterocycles. The molecular weight excluding hydrogens is 304 g/mol. The van der Waals surface area contributed by atoms with Crippen molar-refractivity contribution < 1.29 is 4.79 Å². The number of carbonyl (C=O) groups is 1. The summed E-state index contributed by atoms with van der Waals surface area (Å²) in [6.45, 7) is 5.68. The van der Waals surface area contributed by atoms with Gasteiger partial charge in [-0.25, -0.2) is 14.6 Å². The largest absolute Gasteiger partial charge is 0.311 e. The maximum absolute atomic E-state index is 11.7. The predicted octanol–water partition coefficient (Wildman–Crippen LogP) is 2.69. The summed E-state index contributed by atoms with van der Waals surface area (Å²) >= 11 is 0. The summed E-state index contributed by atoms with van der Waals surface area (Å²) in [6.07, 6.45) is 3.74. The topological polar surface area (TPSA) is 85.6 Å². The van der Waals surface area contributed by atoms with Gasteiger partial charge in [0.15, 0.2) is 11.6 Å². The third-order valence-corrected chi connectivity index (χ3v) is 3.47. The molecule has 0 aromatic carbocycles. The number of anilines is 1. The van der Waals surface area contributed by atoms with Crippen LogP contribution in [0.1, 0.15) is 24.7 Å². The Hall–Kier alpha value is -3.09. The van der Waals surface area contributed by atoms with Gasteiger partial charge in [0.1, 0.15) is 5.82 Å². The van der Waals surface area contributed by atoms with E-state index in [0.29, 0.717) is 23.9 Å². The molecule has 0 spiro atoms. The van der Waals surface area contributed by atoms with E-state index in [9.17, 15) is 4.79 Å². The molecule has 7 nitrogen and oxygen atoms in total. The Kier molecular flexibility index (Phi) is 4.33. The number of hydrogen-bond donors (Lipinski definition) is 1. The standard InChI is InChI=1S/C17H18N6O/c1-4-16(24)19-14-10-15(23-12(3)9-11(2)22-23)21-17(20-14)13-5-7-18-8-6-13/h5-10H,4H2,1-3H3,(H,19,20,21,24). The van der Waals surface area contributed by atoms with Crippen molar-refractivity contribution in [2.24, 2.45) is 0 Å². The molecular formula is C17H18N6O.